The minimum Gasteiger partial charge on any atom is -0.382 e. The van der Waals surface area contributed by atoms with Gasteiger partial charge in [0.25, 0.3) is 0 Å². The summed E-state index contributed by atoms with van der Waals surface area (Å²) in [7, 11) is 0. The summed E-state index contributed by atoms with van der Waals surface area (Å²) >= 11 is 1.62. The van der Waals surface area contributed by atoms with E-state index < -0.39 is 5.60 Å². The van der Waals surface area contributed by atoms with E-state index in [9.17, 15) is 5.11 Å². The Morgan fingerprint density at radius 2 is 2.13 bits per heavy atom. The third-order valence-electron chi connectivity index (χ3n) is 1.98. The number of rotatable bonds is 2. The molecule has 78 valence electrons. The molecule has 0 spiro atoms. The summed E-state index contributed by atoms with van der Waals surface area (Å²) in [4.78, 5) is 9.49. The molecule has 0 saturated heterocycles. The highest BCUT2D eigenvalue weighted by molar-refractivity contribution is 7.13. The van der Waals surface area contributed by atoms with Gasteiger partial charge in [-0.3, -0.25) is 0 Å². The minimum absolute atomic E-state index is 0.452. The molecule has 0 unspecified atom stereocenters. The van der Waals surface area contributed by atoms with E-state index in [1.54, 1.807) is 31.4 Å². The minimum atomic E-state index is -0.993. The third kappa shape index (κ3) is 2.22. The van der Waals surface area contributed by atoms with Crippen molar-refractivity contribution in [2.45, 2.75) is 19.4 Å². The van der Waals surface area contributed by atoms with Crippen molar-refractivity contribution in [2.24, 2.45) is 0 Å². The fraction of sp³-hybridized carbons (Fsp3) is 0.273. The van der Waals surface area contributed by atoms with Crippen LogP contribution in [-0.2, 0) is 5.60 Å². The van der Waals surface area contributed by atoms with Crippen LogP contribution in [-0.4, -0.2) is 15.1 Å². The lowest BCUT2D eigenvalue weighted by Crippen LogP contribution is -2.19. The molecule has 3 nitrogen and oxygen atoms in total. The Balaban J connectivity index is 2.44. The molecule has 0 fully saturated rings. The summed E-state index contributed by atoms with van der Waals surface area (Å²) in [6.07, 6.45) is 1.68. The molecule has 2 heterocycles. The second-order valence-corrected chi connectivity index (χ2v) is 4.75. The molecule has 2 aromatic rings. The van der Waals surface area contributed by atoms with E-state index in [0.29, 0.717) is 5.82 Å². The predicted molar refractivity (Wildman–Crippen MR) is 60.6 cm³/mol. The van der Waals surface area contributed by atoms with Gasteiger partial charge in [0.1, 0.15) is 5.60 Å². The number of aliphatic hydroxyl groups is 1. The summed E-state index contributed by atoms with van der Waals surface area (Å²) in [5, 5.41) is 11.8. The predicted octanol–water partition coefficient (Wildman–Crippen LogP) is 2.43. The lowest BCUT2D eigenvalue weighted by atomic mass is 10.1. The lowest BCUT2D eigenvalue weighted by Gasteiger charge is -2.15. The second-order valence-electron chi connectivity index (χ2n) is 3.80. The van der Waals surface area contributed by atoms with E-state index in [1.165, 1.54) is 0 Å². The number of hydrogen-bond acceptors (Lipinski definition) is 4. The van der Waals surface area contributed by atoms with Crippen molar-refractivity contribution < 1.29 is 5.11 Å². The van der Waals surface area contributed by atoms with Crippen LogP contribution in [0.1, 0.15) is 19.7 Å². The molecule has 0 aromatic carbocycles. The van der Waals surface area contributed by atoms with E-state index in [2.05, 4.69) is 9.97 Å². The van der Waals surface area contributed by atoms with Gasteiger partial charge in [-0.15, -0.1) is 11.3 Å². The van der Waals surface area contributed by atoms with Crippen LogP contribution >= 0.6 is 11.3 Å². The van der Waals surface area contributed by atoms with Crippen molar-refractivity contribution in [3.8, 4) is 10.6 Å². The SMILES string of the molecule is CC(C)(O)c1nccc(-c2cccs2)n1. The maximum Gasteiger partial charge on any atom is 0.160 e. The molecule has 0 bridgehead atoms. The van der Waals surface area contributed by atoms with E-state index in [4.69, 9.17) is 0 Å². The summed E-state index contributed by atoms with van der Waals surface area (Å²) in [5.74, 6) is 0.452. The smallest absolute Gasteiger partial charge is 0.160 e. The standard InChI is InChI=1S/C11H12N2OS/c1-11(2,14)10-12-6-5-8(13-10)9-4-3-7-15-9/h3-7,14H,1-2H3. The van der Waals surface area contributed by atoms with Crippen LogP contribution in [0.25, 0.3) is 10.6 Å². The Bertz CT molecular complexity index is 446. The summed E-state index contributed by atoms with van der Waals surface area (Å²) in [6.45, 7) is 3.36. The van der Waals surface area contributed by atoms with Gasteiger partial charge >= 0.3 is 0 Å². The second kappa shape index (κ2) is 3.72. The Kier molecular flexibility index (Phi) is 2.54. The molecule has 4 heteroatoms. The molecule has 1 N–H and O–H groups in total. The monoisotopic (exact) mass is 220 g/mol. The van der Waals surface area contributed by atoms with Gasteiger partial charge in [-0.25, -0.2) is 9.97 Å². The quantitative estimate of drug-likeness (QED) is 0.845. The largest absolute Gasteiger partial charge is 0.382 e. The Morgan fingerprint density at radius 1 is 1.33 bits per heavy atom. The maximum atomic E-state index is 9.79. The Hall–Kier alpha value is -1.26. The van der Waals surface area contributed by atoms with Crippen LogP contribution < -0.4 is 0 Å². The summed E-state index contributed by atoms with van der Waals surface area (Å²) < 4.78 is 0. The zero-order valence-electron chi connectivity index (χ0n) is 8.64. The number of nitrogens with zero attached hydrogens (tertiary/aromatic N) is 2. The molecule has 0 saturated carbocycles. The maximum absolute atomic E-state index is 9.79. The molecule has 0 aliphatic heterocycles. The molecule has 15 heavy (non-hydrogen) atoms. The third-order valence-corrected chi connectivity index (χ3v) is 2.87. The normalized spacial score (nSPS) is 11.7. The fourth-order valence-corrected chi connectivity index (χ4v) is 1.91. The van der Waals surface area contributed by atoms with Crippen LogP contribution in [0.5, 0.6) is 0 Å². The highest BCUT2D eigenvalue weighted by Gasteiger charge is 2.19. The Morgan fingerprint density at radius 3 is 2.73 bits per heavy atom. The number of thiophene rings is 1. The van der Waals surface area contributed by atoms with Gasteiger partial charge in [-0.1, -0.05) is 6.07 Å². The zero-order chi connectivity index (χ0) is 10.9. The van der Waals surface area contributed by atoms with Crippen LogP contribution in [0.3, 0.4) is 0 Å². The van der Waals surface area contributed by atoms with Gasteiger partial charge < -0.3 is 5.11 Å². The average molecular weight is 220 g/mol. The van der Waals surface area contributed by atoms with Gasteiger partial charge in [-0.2, -0.15) is 0 Å². The van der Waals surface area contributed by atoms with Gasteiger partial charge in [0.2, 0.25) is 0 Å². The summed E-state index contributed by atoms with van der Waals surface area (Å²) in [5.41, 5.74) is -0.134. The molecule has 0 aliphatic carbocycles. The van der Waals surface area contributed by atoms with Gasteiger partial charge in [0, 0.05) is 6.20 Å². The molecule has 2 rings (SSSR count). The Labute approximate surface area is 92.5 Å². The van der Waals surface area contributed by atoms with Crippen molar-refractivity contribution in [1.29, 1.82) is 0 Å². The van der Waals surface area contributed by atoms with Crippen LogP contribution in [0.15, 0.2) is 29.8 Å². The zero-order valence-corrected chi connectivity index (χ0v) is 9.45. The van der Waals surface area contributed by atoms with Crippen LogP contribution in [0, 0.1) is 0 Å². The van der Waals surface area contributed by atoms with Gasteiger partial charge in [-0.05, 0) is 31.4 Å². The fourth-order valence-electron chi connectivity index (χ4n) is 1.22. The van der Waals surface area contributed by atoms with Crippen molar-refractivity contribution in [3.63, 3.8) is 0 Å². The van der Waals surface area contributed by atoms with Crippen molar-refractivity contribution in [1.82, 2.24) is 9.97 Å². The molecule has 0 amide bonds. The van der Waals surface area contributed by atoms with Crippen LogP contribution in [0.4, 0.5) is 0 Å². The topological polar surface area (TPSA) is 46.0 Å². The molecular formula is C11H12N2OS. The lowest BCUT2D eigenvalue weighted by molar-refractivity contribution is 0.0688. The molecule has 0 atom stereocenters. The van der Waals surface area contributed by atoms with E-state index >= 15 is 0 Å². The first kappa shape index (κ1) is 10.3. The number of aromatic nitrogens is 2. The van der Waals surface area contributed by atoms with Gasteiger partial charge in [0.15, 0.2) is 5.82 Å². The average Bonchev–Trinajstić information content (AvgIpc) is 2.69. The van der Waals surface area contributed by atoms with E-state index in [1.807, 2.05) is 23.6 Å². The molecular weight excluding hydrogens is 208 g/mol. The van der Waals surface area contributed by atoms with Crippen LogP contribution in [0.2, 0.25) is 0 Å². The van der Waals surface area contributed by atoms with E-state index in [-0.39, 0.29) is 0 Å². The number of hydrogen-bond donors (Lipinski definition) is 1. The molecule has 0 radical (unpaired) electrons. The van der Waals surface area contributed by atoms with Crippen molar-refractivity contribution in [2.75, 3.05) is 0 Å². The highest BCUT2D eigenvalue weighted by Crippen LogP contribution is 2.24. The van der Waals surface area contributed by atoms with Gasteiger partial charge in [0.05, 0.1) is 10.6 Å². The van der Waals surface area contributed by atoms with E-state index in [0.717, 1.165) is 10.6 Å². The van der Waals surface area contributed by atoms with Crippen molar-refractivity contribution in [3.05, 3.63) is 35.6 Å². The van der Waals surface area contributed by atoms with Crippen molar-refractivity contribution >= 4 is 11.3 Å². The first-order chi connectivity index (χ1) is 7.07. The molecule has 2 aromatic heterocycles. The first-order valence-electron chi connectivity index (χ1n) is 4.67. The first-order valence-corrected chi connectivity index (χ1v) is 5.55. The highest BCUT2D eigenvalue weighted by atomic mass is 32.1. The molecule has 0 aliphatic rings. The summed E-state index contributed by atoms with van der Waals surface area (Å²) in [6, 6.07) is 5.83.